The predicted molar refractivity (Wildman–Crippen MR) is 85.7 cm³/mol. The minimum Gasteiger partial charge on any atom is -0.483 e. The van der Waals surface area contributed by atoms with Crippen LogP contribution in [-0.4, -0.2) is 30.5 Å². The van der Waals surface area contributed by atoms with Gasteiger partial charge in [-0.3, -0.25) is 4.79 Å². The lowest BCUT2D eigenvalue weighted by molar-refractivity contribution is -0.135. The molecule has 2 rings (SSSR count). The van der Waals surface area contributed by atoms with Crippen LogP contribution in [0.2, 0.25) is 0 Å². The summed E-state index contributed by atoms with van der Waals surface area (Å²) in [4.78, 5) is 14.2. The number of ether oxygens (including phenoxy) is 1. The van der Waals surface area contributed by atoms with Gasteiger partial charge in [0.2, 0.25) is 0 Å². The standard InChI is InChI=1S/C18H27NO2/c1-13(2)16-8-7-15(4)17(10-16)21-12-18(20)19-9-5-6-14(3)11-19/h7-8,10,13-14H,5-6,9,11-12H2,1-4H3. The van der Waals surface area contributed by atoms with Crippen LogP contribution in [0.25, 0.3) is 0 Å². The van der Waals surface area contributed by atoms with E-state index < -0.39 is 0 Å². The van der Waals surface area contributed by atoms with E-state index in [9.17, 15) is 4.79 Å². The number of benzene rings is 1. The van der Waals surface area contributed by atoms with Gasteiger partial charge in [-0.05, 0) is 48.8 Å². The molecular formula is C18H27NO2. The van der Waals surface area contributed by atoms with E-state index in [1.807, 2.05) is 11.8 Å². The Morgan fingerprint density at radius 2 is 2.19 bits per heavy atom. The third-order valence-electron chi connectivity index (χ3n) is 4.24. The fourth-order valence-corrected chi connectivity index (χ4v) is 2.78. The highest BCUT2D eigenvalue weighted by Crippen LogP contribution is 2.24. The van der Waals surface area contributed by atoms with Crippen molar-refractivity contribution in [2.75, 3.05) is 19.7 Å². The van der Waals surface area contributed by atoms with Crippen molar-refractivity contribution >= 4 is 5.91 Å². The molecule has 0 N–H and O–H groups in total. The van der Waals surface area contributed by atoms with E-state index >= 15 is 0 Å². The fraction of sp³-hybridized carbons (Fsp3) is 0.611. The summed E-state index contributed by atoms with van der Waals surface area (Å²) in [6.07, 6.45) is 2.33. The molecule has 3 heteroatoms. The molecule has 1 atom stereocenters. The van der Waals surface area contributed by atoms with Crippen LogP contribution in [0.1, 0.15) is 50.7 Å². The maximum Gasteiger partial charge on any atom is 0.260 e. The highest BCUT2D eigenvalue weighted by atomic mass is 16.5. The van der Waals surface area contributed by atoms with E-state index in [2.05, 4.69) is 39.0 Å². The zero-order valence-electron chi connectivity index (χ0n) is 13.7. The zero-order valence-corrected chi connectivity index (χ0v) is 13.7. The summed E-state index contributed by atoms with van der Waals surface area (Å²) >= 11 is 0. The Balaban J connectivity index is 1.96. The molecule has 116 valence electrons. The van der Waals surface area contributed by atoms with Crippen molar-refractivity contribution < 1.29 is 9.53 Å². The summed E-state index contributed by atoms with van der Waals surface area (Å²) < 4.78 is 5.79. The van der Waals surface area contributed by atoms with Gasteiger partial charge in [-0.25, -0.2) is 0 Å². The first-order chi connectivity index (χ1) is 9.97. The van der Waals surface area contributed by atoms with E-state index in [-0.39, 0.29) is 12.5 Å². The minimum absolute atomic E-state index is 0.107. The second kappa shape index (κ2) is 6.97. The lowest BCUT2D eigenvalue weighted by atomic mass is 10.0. The first-order valence-electron chi connectivity index (χ1n) is 7.98. The number of carbonyl (C=O) groups is 1. The maximum absolute atomic E-state index is 12.2. The molecule has 0 aliphatic carbocycles. The molecule has 1 unspecified atom stereocenters. The van der Waals surface area contributed by atoms with Crippen LogP contribution >= 0.6 is 0 Å². The van der Waals surface area contributed by atoms with Crippen LogP contribution in [0, 0.1) is 12.8 Å². The average Bonchev–Trinajstić information content (AvgIpc) is 2.45. The highest BCUT2D eigenvalue weighted by Gasteiger charge is 2.21. The molecule has 21 heavy (non-hydrogen) atoms. The Bertz CT molecular complexity index is 496. The molecule has 1 aliphatic heterocycles. The molecule has 1 aliphatic rings. The molecule has 0 aromatic heterocycles. The quantitative estimate of drug-likeness (QED) is 0.844. The van der Waals surface area contributed by atoms with Crippen molar-refractivity contribution in [1.29, 1.82) is 0 Å². The molecule has 1 aromatic carbocycles. The van der Waals surface area contributed by atoms with Gasteiger partial charge in [0, 0.05) is 13.1 Å². The van der Waals surface area contributed by atoms with Crippen molar-refractivity contribution in [3.05, 3.63) is 29.3 Å². The van der Waals surface area contributed by atoms with Gasteiger partial charge in [0.25, 0.3) is 5.91 Å². The van der Waals surface area contributed by atoms with Gasteiger partial charge in [0.1, 0.15) is 5.75 Å². The Morgan fingerprint density at radius 1 is 1.43 bits per heavy atom. The SMILES string of the molecule is Cc1ccc(C(C)C)cc1OCC(=O)N1CCCC(C)C1. The highest BCUT2D eigenvalue weighted by molar-refractivity contribution is 5.77. The van der Waals surface area contributed by atoms with Gasteiger partial charge in [-0.15, -0.1) is 0 Å². The number of hydrogen-bond acceptors (Lipinski definition) is 2. The molecule has 1 saturated heterocycles. The van der Waals surface area contributed by atoms with E-state index in [0.717, 1.165) is 30.8 Å². The molecule has 0 saturated carbocycles. The molecule has 3 nitrogen and oxygen atoms in total. The number of carbonyl (C=O) groups excluding carboxylic acids is 1. The van der Waals surface area contributed by atoms with Crippen LogP contribution in [0.5, 0.6) is 5.75 Å². The van der Waals surface area contributed by atoms with E-state index in [4.69, 9.17) is 4.74 Å². The number of hydrogen-bond donors (Lipinski definition) is 0. The van der Waals surface area contributed by atoms with Gasteiger partial charge in [-0.1, -0.05) is 32.9 Å². The number of piperidine rings is 1. The van der Waals surface area contributed by atoms with Crippen molar-refractivity contribution in [2.45, 2.75) is 46.5 Å². The van der Waals surface area contributed by atoms with E-state index in [1.54, 1.807) is 0 Å². The minimum atomic E-state index is 0.107. The lowest BCUT2D eigenvalue weighted by Crippen LogP contribution is -2.41. The van der Waals surface area contributed by atoms with E-state index in [0.29, 0.717) is 11.8 Å². The summed E-state index contributed by atoms with van der Waals surface area (Å²) in [6.45, 7) is 10.4. The van der Waals surface area contributed by atoms with Crippen molar-refractivity contribution in [1.82, 2.24) is 4.90 Å². The Hall–Kier alpha value is -1.51. The first-order valence-corrected chi connectivity index (χ1v) is 7.98. The van der Waals surface area contributed by atoms with Crippen LogP contribution in [0.4, 0.5) is 0 Å². The second-order valence-electron chi connectivity index (χ2n) is 6.56. The number of likely N-dealkylation sites (tertiary alicyclic amines) is 1. The summed E-state index contributed by atoms with van der Waals surface area (Å²) in [7, 11) is 0. The molecule has 1 heterocycles. The normalized spacial score (nSPS) is 18.9. The third-order valence-corrected chi connectivity index (χ3v) is 4.24. The van der Waals surface area contributed by atoms with Crippen LogP contribution in [0.3, 0.4) is 0 Å². The van der Waals surface area contributed by atoms with Gasteiger partial charge in [-0.2, -0.15) is 0 Å². The summed E-state index contributed by atoms with van der Waals surface area (Å²) in [5, 5.41) is 0. The van der Waals surface area contributed by atoms with Crippen LogP contribution in [0.15, 0.2) is 18.2 Å². The van der Waals surface area contributed by atoms with Gasteiger partial charge < -0.3 is 9.64 Å². The van der Waals surface area contributed by atoms with Crippen LogP contribution in [-0.2, 0) is 4.79 Å². The van der Waals surface area contributed by atoms with E-state index in [1.165, 1.54) is 12.0 Å². The molecule has 0 spiro atoms. The topological polar surface area (TPSA) is 29.5 Å². The zero-order chi connectivity index (χ0) is 15.4. The molecule has 0 radical (unpaired) electrons. The summed E-state index contributed by atoms with van der Waals surface area (Å²) in [5.74, 6) is 2.01. The molecular weight excluding hydrogens is 262 g/mol. The Kier molecular flexibility index (Phi) is 5.27. The second-order valence-corrected chi connectivity index (χ2v) is 6.56. The number of aryl methyl sites for hydroxylation is 1. The van der Waals surface area contributed by atoms with Gasteiger partial charge in [0.15, 0.2) is 6.61 Å². The monoisotopic (exact) mass is 289 g/mol. The lowest BCUT2D eigenvalue weighted by Gasteiger charge is -2.30. The first kappa shape index (κ1) is 15.9. The Labute approximate surface area is 128 Å². The summed E-state index contributed by atoms with van der Waals surface area (Å²) in [5.41, 5.74) is 2.33. The largest absolute Gasteiger partial charge is 0.483 e. The number of amides is 1. The Morgan fingerprint density at radius 3 is 2.86 bits per heavy atom. The van der Waals surface area contributed by atoms with Crippen molar-refractivity contribution in [3.63, 3.8) is 0 Å². The number of nitrogens with zero attached hydrogens (tertiary/aromatic N) is 1. The third kappa shape index (κ3) is 4.23. The van der Waals surface area contributed by atoms with Gasteiger partial charge in [0.05, 0.1) is 0 Å². The van der Waals surface area contributed by atoms with Crippen molar-refractivity contribution in [2.24, 2.45) is 5.92 Å². The number of rotatable bonds is 4. The van der Waals surface area contributed by atoms with Gasteiger partial charge >= 0.3 is 0 Å². The summed E-state index contributed by atoms with van der Waals surface area (Å²) in [6, 6.07) is 6.26. The molecule has 1 aromatic rings. The molecule has 1 amide bonds. The smallest absolute Gasteiger partial charge is 0.260 e. The van der Waals surface area contributed by atoms with Crippen molar-refractivity contribution in [3.8, 4) is 5.75 Å². The molecule has 1 fully saturated rings. The van der Waals surface area contributed by atoms with Crippen LogP contribution < -0.4 is 4.74 Å². The fourth-order valence-electron chi connectivity index (χ4n) is 2.78. The predicted octanol–water partition coefficient (Wildman–Crippen LogP) is 3.76. The maximum atomic E-state index is 12.2. The average molecular weight is 289 g/mol. The molecule has 0 bridgehead atoms.